The van der Waals surface area contributed by atoms with Crippen LogP contribution in [-0.2, 0) is 6.42 Å². The van der Waals surface area contributed by atoms with Crippen LogP contribution in [0.5, 0.6) is 5.75 Å². The molecule has 0 aliphatic heterocycles. The Labute approximate surface area is 101 Å². The van der Waals surface area contributed by atoms with Crippen molar-refractivity contribution in [3.8, 4) is 5.75 Å². The van der Waals surface area contributed by atoms with E-state index in [0.717, 1.165) is 18.9 Å². The molecule has 0 aromatic heterocycles. The van der Waals surface area contributed by atoms with Gasteiger partial charge < -0.3 is 10.5 Å². The van der Waals surface area contributed by atoms with Crippen LogP contribution in [0.25, 0.3) is 0 Å². The van der Waals surface area contributed by atoms with Crippen LogP contribution in [0.2, 0.25) is 0 Å². The Morgan fingerprint density at radius 2 is 1.88 bits per heavy atom. The van der Waals surface area contributed by atoms with Crippen LogP contribution in [0.15, 0.2) is 12.1 Å². The molecule has 0 spiro atoms. The third-order valence-corrected chi connectivity index (χ3v) is 2.57. The van der Waals surface area contributed by atoms with Gasteiger partial charge in [0.2, 0.25) is 0 Å². The van der Waals surface area contributed by atoms with E-state index in [2.05, 4.69) is 0 Å². The number of halogens is 2. The molecule has 17 heavy (non-hydrogen) atoms. The fraction of sp³-hybridized carbons (Fsp3) is 0.538. The highest BCUT2D eigenvalue weighted by Gasteiger charge is 2.13. The average Bonchev–Trinajstić information content (AvgIpc) is 2.31. The first-order valence-corrected chi connectivity index (χ1v) is 5.94. The predicted octanol–water partition coefficient (Wildman–Crippen LogP) is 3.03. The molecule has 0 bridgehead atoms. The van der Waals surface area contributed by atoms with E-state index in [4.69, 9.17) is 10.5 Å². The van der Waals surface area contributed by atoms with E-state index in [0.29, 0.717) is 24.3 Å². The summed E-state index contributed by atoms with van der Waals surface area (Å²) < 4.78 is 31.7. The largest absolute Gasteiger partial charge is 0.493 e. The molecule has 0 fully saturated rings. The summed E-state index contributed by atoms with van der Waals surface area (Å²) in [5.41, 5.74) is 6.45. The van der Waals surface area contributed by atoms with Gasteiger partial charge in [0.1, 0.15) is 5.75 Å². The molecule has 1 rings (SSSR count). The molecule has 2 N–H and O–H groups in total. The Morgan fingerprint density at radius 1 is 1.24 bits per heavy atom. The molecule has 1 unspecified atom stereocenters. The first kappa shape index (κ1) is 13.9. The van der Waals surface area contributed by atoms with E-state index in [1.54, 1.807) is 0 Å². The zero-order valence-electron chi connectivity index (χ0n) is 10.3. The minimum Gasteiger partial charge on any atom is -0.493 e. The van der Waals surface area contributed by atoms with Gasteiger partial charge in [-0.2, -0.15) is 0 Å². The molecular weight excluding hydrogens is 224 g/mol. The van der Waals surface area contributed by atoms with Crippen LogP contribution in [0, 0.1) is 11.6 Å². The standard InChI is InChI=1S/C13H19F2NO/c1-3-5-17-13-8-12(15)11(14)7-9(13)6-10(16)4-2/h7-8,10H,3-6,16H2,1-2H3. The molecule has 2 nitrogen and oxygen atoms in total. The second kappa shape index (κ2) is 6.55. The lowest BCUT2D eigenvalue weighted by Gasteiger charge is -2.14. The number of benzene rings is 1. The van der Waals surface area contributed by atoms with Crippen molar-refractivity contribution in [3.05, 3.63) is 29.3 Å². The lowest BCUT2D eigenvalue weighted by molar-refractivity contribution is 0.310. The van der Waals surface area contributed by atoms with Crippen LogP contribution >= 0.6 is 0 Å². The summed E-state index contributed by atoms with van der Waals surface area (Å²) in [5.74, 6) is -1.34. The molecule has 0 amide bonds. The number of rotatable bonds is 6. The molecule has 1 aromatic rings. The second-order valence-corrected chi connectivity index (χ2v) is 4.09. The van der Waals surface area contributed by atoms with Gasteiger partial charge in [0.05, 0.1) is 6.61 Å². The van der Waals surface area contributed by atoms with Crippen molar-refractivity contribution in [2.45, 2.75) is 39.2 Å². The first-order chi connectivity index (χ1) is 8.08. The third kappa shape index (κ3) is 3.97. The summed E-state index contributed by atoms with van der Waals surface area (Å²) >= 11 is 0. The Hall–Kier alpha value is -1.16. The molecule has 0 saturated carbocycles. The lowest BCUT2D eigenvalue weighted by Crippen LogP contribution is -2.22. The van der Waals surface area contributed by atoms with Gasteiger partial charge in [-0.25, -0.2) is 8.78 Å². The Morgan fingerprint density at radius 3 is 2.47 bits per heavy atom. The van der Waals surface area contributed by atoms with Crippen molar-refractivity contribution in [1.29, 1.82) is 0 Å². The van der Waals surface area contributed by atoms with Crippen molar-refractivity contribution in [2.75, 3.05) is 6.61 Å². The summed E-state index contributed by atoms with van der Waals surface area (Å²) in [6, 6.07) is 2.21. The van der Waals surface area contributed by atoms with Crippen molar-refractivity contribution in [1.82, 2.24) is 0 Å². The summed E-state index contributed by atoms with van der Waals surface area (Å²) in [5, 5.41) is 0. The molecule has 0 heterocycles. The SMILES string of the molecule is CCCOc1cc(F)c(F)cc1CC(N)CC. The van der Waals surface area contributed by atoms with E-state index < -0.39 is 11.6 Å². The molecule has 1 aromatic carbocycles. The minimum atomic E-state index is -0.884. The van der Waals surface area contributed by atoms with Crippen LogP contribution in [0.1, 0.15) is 32.3 Å². The molecule has 0 radical (unpaired) electrons. The van der Waals surface area contributed by atoms with Gasteiger partial charge in [0.25, 0.3) is 0 Å². The number of hydrogen-bond acceptors (Lipinski definition) is 2. The highest BCUT2D eigenvalue weighted by atomic mass is 19.2. The monoisotopic (exact) mass is 243 g/mol. The zero-order chi connectivity index (χ0) is 12.8. The van der Waals surface area contributed by atoms with Crippen molar-refractivity contribution >= 4 is 0 Å². The van der Waals surface area contributed by atoms with E-state index in [1.807, 2.05) is 13.8 Å². The van der Waals surface area contributed by atoms with Gasteiger partial charge in [-0.1, -0.05) is 13.8 Å². The van der Waals surface area contributed by atoms with E-state index in [9.17, 15) is 8.78 Å². The van der Waals surface area contributed by atoms with E-state index in [-0.39, 0.29) is 6.04 Å². The second-order valence-electron chi connectivity index (χ2n) is 4.09. The van der Waals surface area contributed by atoms with Crippen LogP contribution in [0.4, 0.5) is 8.78 Å². The maximum atomic E-state index is 13.2. The molecule has 96 valence electrons. The van der Waals surface area contributed by atoms with Crippen molar-refractivity contribution in [3.63, 3.8) is 0 Å². The van der Waals surface area contributed by atoms with E-state index in [1.165, 1.54) is 6.07 Å². The third-order valence-electron chi connectivity index (χ3n) is 2.57. The maximum absolute atomic E-state index is 13.2. The van der Waals surface area contributed by atoms with E-state index >= 15 is 0 Å². The topological polar surface area (TPSA) is 35.2 Å². The van der Waals surface area contributed by atoms with Gasteiger partial charge in [0.15, 0.2) is 11.6 Å². The Kier molecular flexibility index (Phi) is 5.35. The van der Waals surface area contributed by atoms with Gasteiger partial charge >= 0.3 is 0 Å². The predicted molar refractivity (Wildman–Crippen MR) is 64.1 cm³/mol. The van der Waals surface area contributed by atoms with Gasteiger partial charge in [-0.3, -0.25) is 0 Å². The van der Waals surface area contributed by atoms with Gasteiger partial charge in [-0.15, -0.1) is 0 Å². The zero-order valence-corrected chi connectivity index (χ0v) is 10.3. The fourth-order valence-corrected chi connectivity index (χ4v) is 1.50. The molecule has 0 aliphatic rings. The number of nitrogens with two attached hydrogens (primary N) is 1. The van der Waals surface area contributed by atoms with Crippen molar-refractivity contribution < 1.29 is 13.5 Å². The normalized spacial score (nSPS) is 12.5. The summed E-state index contributed by atoms with van der Waals surface area (Å²) in [6.45, 7) is 4.40. The summed E-state index contributed by atoms with van der Waals surface area (Å²) in [6.07, 6.45) is 2.09. The molecule has 1 atom stereocenters. The van der Waals surface area contributed by atoms with Crippen molar-refractivity contribution in [2.24, 2.45) is 5.73 Å². The Bertz CT molecular complexity index is 369. The number of hydrogen-bond donors (Lipinski definition) is 1. The first-order valence-electron chi connectivity index (χ1n) is 5.94. The molecular formula is C13H19F2NO. The lowest BCUT2D eigenvalue weighted by atomic mass is 10.0. The minimum absolute atomic E-state index is 0.0659. The average molecular weight is 243 g/mol. The Balaban J connectivity index is 2.94. The number of ether oxygens (including phenoxy) is 1. The highest BCUT2D eigenvalue weighted by Crippen LogP contribution is 2.24. The quantitative estimate of drug-likeness (QED) is 0.833. The summed E-state index contributed by atoms with van der Waals surface area (Å²) in [4.78, 5) is 0. The highest BCUT2D eigenvalue weighted by molar-refractivity contribution is 5.35. The van der Waals surface area contributed by atoms with Crippen LogP contribution < -0.4 is 10.5 Å². The maximum Gasteiger partial charge on any atom is 0.162 e. The molecule has 4 heteroatoms. The fourth-order valence-electron chi connectivity index (χ4n) is 1.50. The van der Waals surface area contributed by atoms with Gasteiger partial charge in [-0.05, 0) is 30.9 Å². The smallest absolute Gasteiger partial charge is 0.162 e. The van der Waals surface area contributed by atoms with Crippen LogP contribution in [0.3, 0.4) is 0 Å². The molecule has 0 saturated heterocycles. The van der Waals surface area contributed by atoms with Gasteiger partial charge in [0, 0.05) is 12.1 Å². The summed E-state index contributed by atoms with van der Waals surface area (Å²) in [7, 11) is 0. The van der Waals surface area contributed by atoms with Crippen LogP contribution in [-0.4, -0.2) is 12.6 Å². The molecule has 0 aliphatic carbocycles.